The molecule has 0 unspecified atom stereocenters. The van der Waals surface area contributed by atoms with Crippen molar-refractivity contribution in [3.63, 3.8) is 0 Å². The molecule has 152 valence electrons. The third kappa shape index (κ3) is 6.91. The molecular formula is C26H24O4. The predicted octanol–water partition coefficient (Wildman–Crippen LogP) is 5.43. The Morgan fingerprint density at radius 3 is 1.73 bits per heavy atom. The molecule has 0 amide bonds. The minimum absolute atomic E-state index is 0.311. The summed E-state index contributed by atoms with van der Waals surface area (Å²) in [5.41, 5.74) is 6.73. The Morgan fingerprint density at radius 1 is 0.800 bits per heavy atom. The summed E-state index contributed by atoms with van der Waals surface area (Å²) in [4.78, 5) is 19.9. The molecule has 0 heterocycles. The quantitative estimate of drug-likeness (QED) is 0.366. The molecule has 0 aromatic heterocycles. The summed E-state index contributed by atoms with van der Waals surface area (Å²) >= 11 is 0. The van der Waals surface area contributed by atoms with Gasteiger partial charge in [-0.2, -0.15) is 0 Å². The molecule has 0 saturated heterocycles. The number of carboxylic acid groups (broad SMARTS) is 1. The van der Waals surface area contributed by atoms with Crippen molar-refractivity contribution >= 4 is 11.9 Å². The second-order valence-corrected chi connectivity index (χ2v) is 6.33. The van der Waals surface area contributed by atoms with E-state index >= 15 is 0 Å². The molecule has 4 nitrogen and oxygen atoms in total. The van der Waals surface area contributed by atoms with Gasteiger partial charge in [0.1, 0.15) is 6.61 Å². The van der Waals surface area contributed by atoms with E-state index in [2.05, 4.69) is 61.7 Å². The lowest BCUT2D eigenvalue weighted by molar-refractivity contribution is -0.139. The Labute approximate surface area is 176 Å². The van der Waals surface area contributed by atoms with Gasteiger partial charge in [0.2, 0.25) is 0 Å². The van der Waals surface area contributed by atoms with Crippen LogP contribution in [0.25, 0.3) is 11.1 Å². The summed E-state index contributed by atoms with van der Waals surface area (Å²) < 4.78 is 4.82. The minimum atomic E-state index is -0.981. The van der Waals surface area contributed by atoms with Crippen molar-refractivity contribution in [3.05, 3.63) is 121 Å². The highest BCUT2D eigenvalue weighted by atomic mass is 16.5. The van der Waals surface area contributed by atoms with Gasteiger partial charge < -0.3 is 9.84 Å². The van der Waals surface area contributed by atoms with Gasteiger partial charge in [0.05, 0.1) is 0 Å². The molecule has 0 radical (unpaired) electrons. The molecule has 3 aromatic carbocycles. The van der Waals surface area contributed by atoms with Gasteiger partial charge in [-0.15, -0.1) is 0 Å². The molecule has 0 spiro atoms. The SMILES string of the molecule is C=CC(=O)O.C=CC(=O)OCc1ccccc1.c1ccc2c(c1)Cc1ccccc1-2. The number of carboxylic acids is 1. The average Bonchev–Trinajstić information content (AvgIpc) is 3.17. The second-order valence-electron chi connectivity index (χ2n) is 6.33. The number of carbonyl (C=O) groups excluding carboxylic acids is 1. The number of ether oxygens (including phenoxy) is 1. The van der Waals surface area contributed by atoms with E-state index in [9.17, 15) is 9.59 Å². The zero-order valence-corrected chi connectivity index (χ0v) is 16.7. The van der Waals surface area contributed by atoms with Gasteiger partial charge in [0.15, 0.2) is 0 Å². The Morgan fingerprint density at radius 2 is 1.27 bits per heavy atom. The van der Waals surface area contributed by atoms with Crippen LogP contribution >= 0.6 is 0 Å². The minimum Gasteiger partial charge on any atom is -0.478 e. The maximum atomic E-state index is 10.6. The molecule has 0 bridgehead atoms. The van der Waals surface area contributed by atoms with Crippen molar-refractivity contribution in [1.82, 2.24) is 0 Å². The third-order valence-corrected chi connectivity index (χ3v) is 4.27. The Hall–Kier alpha value is -3.92. The highest BCUT2D eigenvalue weighted by molar-refractivity contribution is 5.81. The maximum Gasteiger partial charge on any atom is 0.330 e. The smallest absolute Gasteiger partial charge is 0.330 e. The van der Waals surface area contributed by atoms with E-state index in [1.807, 2.05) is 30.3 Å². The van der Waals surface area contributed by atoms with E-state index in [0.717, 1.165) is 24.1 Å². The molecule has 0 fully saturated rings. The summed E-state index contributed by atoms with van der Waals surface area (Å²) in [6.07, 6.45) is 3.09. The zero-order chi connectivity index (χ0) is 21.8. The van der Waals surface area contributed by atoms with E-state index in [1.165, 1.54) is 22.3 Å². The van der Waals surface area contributed by atoms with Crippen LogP contribution in [-0.2, 0) is 27.4 Å². The first-order valence-electron chi connectivity index (χ1n) is 9.39. The molecule has 1 aliphatic rings. The van der Waals surface area contributed by atoms with Crippen molar-refractivity contribution < 1.29 is 19.4 Å². The summed E-state index contributed by atoms with van der Waals surface area (Å²) in [6, 6.07) is 26.8. The van der Waals surface area contributed by atoms with Crippen molar-refractivity contribution in [2.45, 2.75) is 13.0 Å². The number of hydrogen-bond acceptors (Lipinski definition) is 3. The van der Waals surface area contributed by atoms with Crippen LogP contribution in [0, 0.1) is 0 Å². The molecule has 3 aromatic rings. The fourth-order valence-corrected chi connectivity index (χ4v) is 2.87. The standard InChI is InChI=1S/C13H10.C10H10O2.C3H4O2/c1-3-7-12-10(5-1)9-11-6-2-4-8-13(11)12;1-2-10(11)12-8-9-6-4-3-5-7-9;1-2-3(4)5/h1-8H,9H2;2-7H,1,8H2;2H,1H2,(H,4,5). The monoisotopic (exact) mass is 400 g/mol. The van der Waals surface area contributed by atoms with E-state index < -0.39 is 5.97 Å². The molecule has 0 saturated carbocycles. The van der Waals surface area contributed by atoms with Crippen molar-refractivity contribution in [2.75, 3.05) is 0 Å². The normalized spacial score (nSPS) is 10.0. The number of esters is 1. The molecule has 30 heavy (non-hydrogen) atoms. The van der Waals surface area contributed by atoms with Crippen LogP contribution in [0.5, 0.6) is 0 Å². The van der Waals surface area contributed by atoms with Gasteiger partial charge in [0, 0.05) is 12.2 Å². The summed E-state index contributed by atoms with van der Waals surface area (Å²) in [5.74, 6) is -1.37. The highest BCUT2D eigenvalue weighted by Crippen LogP contribution is 2.35. The summed E-state index contributed by atoms with van der Waals surface area (Å²) in [5, 5.41) is 7.60. The van der Waals surface area contributed by atoms with Gasteiger partial charge in [-0.25, -0.2) is 9.59 Å². The fraction of sp³-hybridized carbons (Fsp3) is 0.0769. The van der Waals surface area contributed by atoms with E-state index in [-0.39, 0.29) is 5.97 Å². The van der Waals surface area contributed by atoms with Crippen LogP contribution in [0.1, 0.15) is 16.7 Å². The van der Waals surface area contributed by atoms with Crippen LogP contribution in [0.3, 0.4) is 0 Å². The molecular weight excluding hydrogens is 376 g/mol. The summed E-state index contributed by atoms with van der Waals surface area (Å²) in [6.45, 7) is 6.57. The fourth-order valence-electron chi connectivity index (χ4n) is 2.87. The van der Waals surface area contributed by atoms with E-state index in [0.29, 0.717) is 6.61 Å². The van der Waals surface area contributed by atoms with Crippen LogP contribution in [0.4, 0.5) is 0 Å². The number of benzene rings is 3. The van der Waals surface area contributed by atoms with Crippen LogP contribution in [0.15, 0.2) is 104 Å². The predicted molar refractivity (Wildman–Crippen MR) is 119 cm³/mol. The lowest BCUT2D eigenvalue weighted by Gasteiger charge is -2.00. The van der Waals surface area contributed by atoms with Gasteiger partial charge >= 0.3 is 11.9 Å². The summed E-state index contributed by atoms with van der Waals surface area (Å²) in [7, 11) is 0. The van der Waals surface area contributed by atoms with Gasteiger partial charge in [-0.1, -0.05) is 92.0 Å². The molecule has 4 heteroatoms. The van der Waals surface area contributed by atoms with Gasteiger partial charge in [-0.05, 0) is 34.2 Å². The van der Waals surface area contributed by atoms with Crippen molar-refractivity contribution in [2.24, 2.45) is 0 Å². The highest BCUT2D eigenvalue weighted by Gasteiger charge is 2.15. The average molecular weight is 400 g/mol. The molecule has 1 aliphatic carbocycles. The largest absolute Gasteiger partial charge is 0.478 e. The van der Waals surface area contributed by atoms with Gasteiger partial charge in [-0.3, -0.25) is 0 Å². The third-order valence-electron chi connectivity index (χ3n) is 4.27. The van der Waals surface area contributed by atoms with E-state index in [1.54, 1.807) is 0 Å². The lowest BCUT2D eigenvalue weighted by Crippen LogP contribution is -1.99. The number of rotatable bonds is 4. The number of carbonyl (C=O) groups is 2. The van der Waals surface area contributed by atoms with Crippen molar-refractivity contribution in [3.8, 4) is 11.1 Å². The first-order valence-corrected chi connectivity index (χ1v) is 9.39. The molecule has 0 aliphatic heterocycles. The second kappa shape index (κ2) is 11.8. The van der Waals surface area contributed by atoms with Crippen LogP contribution in [-0.4, -0.2) is 17.0 Å². The number of aliphatic carboxylic acids is 1. The van der Waals surface area contributed by atoms with Crippen LogP contribution < -0.4 is 0 Å². The zero-order valence-electron chi connectivity index (χ0n) is 16.7. The molecule has 1 N–H and O–H groups in total. The Kier molecular flexibility index (Phi) is 8.81. The van der Waals surface area contributed by atoms with E-state index in [4.69, 9.17) is 9.84 Å². The number of hydrogen-bond donors (Lipinski definition) is 1. The topological polar surface area (TPSA) is 63.6 Å². The molecule has 4 rings (SSSR count). The maximum absolute atomic E-state index is 10.6. The first kappa shape index (κ1) is 22.4. The Balaban J connectivity index is 0.000000177. The van der Waals surface area contributed by atoms with Gasteiger partial charge in [0.25, 0.3) is 0 Å². The molecule has 0 atom stereocenters. The van der Waals surface area contributed by atoms with Crippen molar-refractivity contribution in [1.29, 1.82) is 0 Å². The first-order chi connectivity index (χ1) is 14.5. The van der Waals surface area contributed by atoms with Crippen LogP contribution in [0.2, 0.25) is 0 Å². The number of fused-ring (bicyclic) bond motifs is 3. The Bertz CT molecular complexity index is 963. The lowest BCUT2D eigenvalue weighted by atomic mass is 10.1.